The van der Waals surface area contributed by atoms with Gasteiger partial charge in [0.05, 0.1) is 19.2 Å². The van der Waals surface area contributed by atoms with Gasteiger partial charge in [0.1, 0.15) is 17.5 Å². The van der Waals surface area contributed by atoms with E-state index in [2.05, 4.69) is 5.32 Å². The second-order valence-corrected chi connectivity index (χ2v) is 4.96. The summed E-state index contributed by atoms with van der Waals surface area (Å²) in [6.45, 7) is 0.354. The van der Waals surface area contributed by atoms with E-state index in [-0.39, 0.29) is 11.9 Å². The van der Waals surface area contributed by atoms with Crippen LogP contribution in [0.25, 0.3) is 10.9 Å². The molecule has 2 aromatic rings. The lowest BCUT2D eigenvalue weighted by Crippen LogP contribution is -2.38. The van der Waals surface area contributed by atoms with Gasteiger partial charge < -0.3 is 19.4 Å². The Labute approximate surface area is 121 Å². The summed E-state index contributed by atoms with van der Waals surface area (Å²) in [6, 6.07) is 6.84. The molecule has 3 rings (SSSR count). The van der Waals surface area contributed by atoms with Gasteiger partial charge in [-0.15, -0.1) is 0 Å². The predicted octanol–water partition coefficient (Wildman–Crippen LogP) is 1.23. The molecular weight excluding hydrogens is 272 g/mol. The lowest BCUT2D eigenvalue weighted by atomic mass is 10.2. The number of rotatable bonds is 3. The number of aromatic nitrogens is 1. The van der Waals surface area contributed by atoms with Gasteiger partial charge >= 0.3 is 5.97 Å². The molecule has 1 N–H and O–H groups in total. The Morgan fingerprint density at radius 1 is 1.48 bits per heavy atom. The lowest BCUT2D eigenvalue weighted by molar-refractivity contribution is -0.139. The monoisotopic (exact) mass is 288 g/mol. The number of hydrogen-bond donors (Lipinski definition) is 1. The van der Waals surface area contributed by atoms with Crippen LogP contribution in [0.3, 0.4) is 0 Å². The third-order valence-electron chi connectivity index (χ3n) is 3.74. The molecule has 0 unspecified atom stereocenters. The van der Waals surface area contributed by atoms with Crippen molar-refractivity contribution in [1.29, 1.82) is 0 Å². The standard InChI is InChI=1S/C15H16N2O4/c1-17-11-4-3-5-13(20-2)9(11)8-12(17)14(18)16-10-6-7-21-15(10)19/h3-5,8,10H,6-7H2,1-2H3,(H,16,18)/t10-/m1/s1. The topological polar surface area (TPSA) is 69.6 Å². The van der Waals surface area contributed by atoms with Gasteiger partial charge in [-0.2, -0.15) is 0 Å². The number of nitrogens with zero attached hydrogens (tertiary/aromatic N) is 1. The molecule has 2 heterocycles. The van der Waals surface area contributed by atoms with E-state index in [4.69, 9.17) is 9.47 Å². The van der Waals surface area contributed by atoms with E-state index >= 15 is 0 Å². The molecule has 0 radical (unpaired) electrons. The molecule has 1 aliphatic heterocycles. The van der Waals surface area contributed by atoms with Gasteiger partial charge in [-0.1, -0.05) is 6.07 Å². The quantitative estimate of drug-likeness (QED) is 0.863. The molecule has 0 bridgehead atoms. The highest BCUT2D eigenvalue weighted by molar-refractivity contribution is 6.01. The molecule has 1 aromatic heterocycles. The Kier molecular flexibility index (Phi) is 3.29. The summed E-state index contributed by atoms with van der Waals surface area (Å²) in [5.41, 5.74) is 1.38. The first kappa shape index (κ1) is 13.5. The summed E-state index contributed by atoms with van der Waals surface area (Å²) in [4.78, 5) is 23.8. The van der Waals surface area contributed by atoms with Crippen LogP contribution in [0.2, 0.25) is 0 Å². The number of nitrogens with one attached hydrogen (secondary N) is 1. The molecule has 0 saturated carbocycles. The largest absolute Gasteiger partial charge is 0.496 e. The maximum absolute atomic E-state index is 12.4. The Hall–Kier alpha value is -2.50. The zero-order chi connectivity index (χ0) is 15.0. The summed E-state index contributed by atoms with van der Waals surface area (Å²) < 4.78 is 11.9. The van der Waals surface area contributed by atoms with Crippen molar-refractivity contribution >= 4 is 22.8 Å². The summed E-state index contributed by atoms with van der Waals surface area (Å²) in [6.07, 6.45) is 0.512. The molecule has 1 amide bonds. The number of carbonyl (C=O) groups is 2. The smallest absolute Gasteiger partial charge is 0.328 e. The number of cyclic esters (lactones) is 1. The second kappa shape index (κ2) is 5.12. The molecule has 0 aliphatic carbocycles. The molecule has 1 atom stereocenters. The van der Waals surface area contributed by atoms with Crippen LogP contribution in [0.15, 0.2) is 24.3 Å². The first-order valence-electron chi connectivity index (χ1n) is 6.71. The molecule has 6 nitrogen and oxygen atoms in total. The Bertz CT molecular complexity index is 720. The average Bonchev–Trinajstić information content (AvgIpc) is 3.03. The van der Waals surface area contributed by atoms with Gasteiger partial charge in [-0.25, -0.2) is 4.79 Å². The summed E-state index contributed by atoms with van der Waals surface area (Å²) in [5, 5.41) is 3.57. The number of carbonyl (C=O) groups excluding carboxylic acids is 2. The number of fused-ring (bicyclic) bond motifs is 1. The third kappa shape index (κ3) is 2.22. The van der Waals surface area contributed by atoms with Crippen molar-refractivity contribution in [2.24, 2.45) is 7.05 Å². The third-order valence-corrected chi connectivity index (χ3v) is 3.74. The van der Waals surface area contributed by atoms with Crippen LogP contribution in [0.5, 0.6) is 5.75 Å². The molecule has 6 heteroatoms. The minimum absolute atomic E-state index is 0.292. The van der Waals surface area contributed by atoms with E-state index in [0.29, 0.717) is 24.5 Å². The molecule has 110 valence electrons. The minimum Gasteiger partial charge on any atom is -0.496 e. The Morgan fingerprint density at radius 3 is 2.95 bits per heavy atom. The van der Waals surface area contributed by atoms with Crippen molar-refractivity contribution in [2.75, 3.05) is 13.7 Å². The highest BCUT2D eigenvalue weighted by Gasteiger charge is 2.29. The molecule has 21 heavy (non-hydrogen) atoms. The fourth-order valence-corrected chi connectivity index (χ4v) is 2.59. The van der Waals surface area contributed by atoms with Gasteiger partial charge in [-0.3, -0.25) is 4.79 Å². The normalized spacial score (nSPS) is 17.8. The number of methoxy groups -OCH3 is 1. The van der Waals surface area contributed by atoms with Crippen molar-refractivity contribution in [3.05, 3.63) is 30.0 Å². The zero-order valence-corrected chi connectivity index (χ0v) is 11.9. The number of benzene rings is 1. The van der Waals surface area contributed by atoms with E-state index in [1.54, 1.807) is 17.7 Å². The van der Waals surface area contributed by atoms with Crippen LogP contribution in [0.1, 0.15) is 16.9 Å². The highest BCUT2D eigenvalue weighted by Crippen LogP contribution is 2.28. The van der Waals surface area contributed by atoms with E-state index < -0.39 is 6.04 Å². The van der Waals surface area contributed by atoms with Crippen LogP contribution in [-0.2, 0) is 16.6 Å². The van der Waals surface area contributed by atoms with Crippen molar-refractivity contribution in [3.63, 3.8) is 0 Å². The van der Waals surface area contributed by atoms with Crippen molar-refractivity contribution in [3.8, 4) is 5.75 Å². The first-order chi connectivity index (χ1) is 10.1. The van der Waals surface area contributed by atoms with Crippen LogP contribution in [0.4, 0.5) is 0 Å². The molecule has 1 aliphatic rings. The van der Waals surface area contributed by atoms with E-state index in [9.17, 15) is 9.59 Å². The van der Waals surface area contributed by atoms with Crippen molar-refractivity contribution in [1.82, 2.24) is 9.88 Å². The van der Waals surface area contributed by atoms with Crippen molar-refractivity contribution < 1.29 is 19.1 Å². The van der Waals surface area contributed by atoms with Gasteiger partial charge in [0.2, 0.25) is 0 Å². The average molecular weight is 288 g/mol. The molecule has 1 aromatic carbocycles. The SMILES string of the molecule is COc1cccc2c1cc(C(=O)N[C@@H]1CCOC1=O)n2C. The van der Waals surface area contributed by atoms with Gasteiger partial charge in [0.25, 0.3) is 5.91 Å². The van der Waals surface area contributed by atoms with Gasteiger partial charge in [0, 0.05) is 18.9 Å². The van der Waals surface area contributed by atoms with E-state index in [0.717, 1.165) is 10.9 Å². The molecule has 1 saturated heterocycles. The van der Waals surface area contributed by atoms with E-state index in [1.165, 1.54) is 0 Å². The maximum Gasteiger partial charge on any atom is 0.328 e. The number of esters is 1. The fourth-order valence-electron chi connectivity index (χ4n) is 2.59. The molecule has 0 spiro atoms. The van der Waals surface area contributed by atoms with Crippen LogP contribution < -0.4 is 10.1 Å². The van der Waals surface area contributed by atoms with Gasteiger partial charge in [0.15, 0.2) is 0 Å². The van der Waals surface area contributed by atoms with Crippen LogP contribution in [-0.4, -0.2) is 36.2 Å². The Balaban J connectivity index is 1.94. The van der Waals surface area contributed by atoms with E-state index in [1.807, 2.05) is 25.2 Å². The predicted molar refractivity (Wildman–Crippen MR) is 76.3 cm³/mol. The number of amides is 1. The van der Waals surface area contributed by atoms with Crippen LogP contribution >= 0.6 is 0 Å². The second-order valence-electron chi connectivity index (χ2n) is 4.96. The zero-order valence-electron chi connectivity index (χ0n) is 11.9. The number of aryl methyl sites for hydroxylation is 1. The fraction of sp³-hybridized carbons (Fsp3) is 0.333. The first-order valence-corrected chi connectivity index (χ1v) is 6.71. The minimum atomic E-state index is -0.558. The van der Waals surface area contributed by atoms with Gasteiger partial charge in [-0.05, 0) is 18.2 Å². The maximum atomic E-state index is 12.4. The summed E-state index contributed by atoms with van der Waals surface area (Å²) >= 11 is 0. The number of hydrogen-bond acceptors (Lipinski definition) is 4. The highest BCUT2D eigenvalue weighted by atomic mass is 16.5. The Morgan fingerprint density at radius 2 is 2.29 bits per heavy atom. The summed E-state index contributed by atoms with van der Waals surface area (Å²) in [5.74, 6) is 0.0433. The lowest BCUT2D eigenvalue weighted by Gasteiger charge is -2.09. The molecular formula is C15H16N2O4. The summed E-state index contributed by atoms with van der Waals surface area (Å²) in [7, 11) is 3.40. The van der Waals surface area contributed by atoms with Crippen molar-refractivity contribution in [2.45, 2.75) is 12.5 Å². The van der Waals surface area contributed by atoms with Crippen LogP contribution in [0, 0.1) is 0 Å². The molecule has 1 fully saturated rings. The number of ether oxygens (including phenoxy) is 2.